The zero-order valence-corrected chi connectivity index (χ0v) is 14.9. The second kappa shape index (κ2) is 7.54. The van der Waals surface area contributed by atoms with Crippen molar-refractivity contribution in [2.75, 3.05) is 19.4 Å². The number of anilines is 2. The molecule has 11 heteroatoms. The molecule has 0 aliphatic carbocycles. The van der Waals surface area contributed by atoms with E-state index < -0.39 is 18.7 Å². The van der Waals surface area contributed by atoms with Crippen LogP contribution in [-0.4, -0.2) is 45.0 Å². The molecule has 27 heavy (non-hydrogen) atoms. The molecule has 2 heterocycles. The lowest BCUT2D eigenvalue weighted by molar-refractivity contribution is 0.0958. The summed E-state index contributed by atoms with van der Waals surface area (Å²) in [4.78, 5) is 16.4. The standard InChI is InChI=1S/C16H15ClFN7O2/c1-19-16(26)13-10(6-12(17)22-23-13)21-11-5-8(18)4-9(14(11)27-3)15-20-7-25(2)24-15/h4-7H,1-3H3,(H,19,26)(H,21,22)/i1D3. The largest absolute Gasteiger partial charge is 0.494 e. The van der Waals surface area contributed by atoms with Crippen LogP contribution in [0.3, 0.4) is 0 Å². The number of rotatable bonds is 5. The van der Waals surface area contributed by atoms with E-state index >= 15 is 0 Å². The summed E-state index contributed by atoms with van der Waals surface area (Å²) in [5.41, 5.74) is -0.0194. The topological polar surface area (TPSA) is 107 Å². The van der Waals surface area contributed by atoms with Crippen molar-refractivity contribution in [1.82, 2.24) is 30.3 Å². The molecule has 0 unspecified atom stereocenters. The first-order chi connectivity index (χ1) is 14.1. The van der Waals surface area contributed by atoms with E-state index in [4.69, 9.17) is 20.5 Å². The molecule has 0 fully saturated rings. The molecular weight excluding hydrogens is 377 g/mol. The maximum absolute atomic E-state index is 14.3. The molecule has 0 radical (unpaired) electrons. The molecule has 3 aromatic rings. The lowest BCUT2D eigenvalue weighted by Gasteiger charge is -2.15. The highest BCUT2D eigenvalue weighted by Crippen LogP contribution is 2.38. The van der Waals surface area contributed by atoms with Crippen LogP contribution in [0.4, 0.5) is 15.8 Å². The van der Waals surface area contributed by atoms with Crippen LogP contribution in [0.5, 0.6) is 5.75 Å². The average molecular weight is 395 g/mol. The molecule has 0 atom stereocenters. The third-order valence-electron chi connectivity index (χ3n) is 3.46. The molecule has 0 saturated carbocycles. The lowest BCUT2D eigenvalue weighted by atomic mass is 10.1. The van der Waals surface area contributed by atoms with Gasteiger partial charge in [0.1, 0.15) is 12.1 Å². The van der Waals surface area contributed by atoms with E-state index in [1.807, 2.05) is 5.32 Å². The fourth-order valence-corrected chi connectivity index (χ4v) is 2.52. The fourth-order valence-electron chi connectivity index (χ4n) is 2.37. The van der Waals surface area contributed by atoms with Gasteiger partial charge in [-0.15, -0.1) is 10.2 Å². The summed E-state index contributed by atoms with van der Waals surface area (Å²) in [6.45, 7) is -2.75. The van der Waals surface area contributed by atoms with Crippen LogP contribution in [0.15, 0.2) is 24.5 Å². The van der Waals surface area contributed by atoms with Crippen LogP contribution in [-0.2, 0) is 7.05 Å². The predicted octanol–water partition coefficient (Wildman–Crippen LogP) is 2.18. The maximum atomic E-state index is 14.3. The van der Waals surface area contributed by atoms with Gasteiger partial charge in [-0.3, -0.25) is 9.48 Å². The fraction of sp³-hybridized carbons (Fsp3) is 0.188. The molecule has 140 valence electrons. The van der Waals surface area contributed by atoms with Gasteiger partial charge in [-0.2, -0.15) is 5.10 Å². The van der Waals surface area contributed by atoms with Gasteiger partial charge in [-0.1, -0.05) is 11.6 Å². The molecule has 9 nitrogen and oxygen atoms in total. The molecular formula is C16H15ClFN7O2. The Kier molecular flexibility index (Phi) is 4.15. The third-order valence-corrected chi connectivity index (χ3v) is 3.65. The monoisotopic (exact) mass is 394 g/mol. The first kappa shape index (κ1) is 14.9. The van der Waals surface area contributed by atoms with Crippen molar-refractivity contribution in [3.8, 4) is 17.1 Å². The van der Waals surface area contributed by atoms with Gasteiger partial charge in [0.25, 0.3) is 5.91 Å². The smallest absolute Gasteiger partial charge is 0.273 e. The van der Waals surface area contributed by atoms with Crippen LogP contribution < -0.4 is 15.4 Å². The SMILES string of the molecule is [2H]C([2H])([2H])NC(=O)c1nnc(Cl)cc1Nc1cc(F)cc(-c2ncn(C)n2)c1OC. The van der Waals surface area contributed by atoms with Crippen molar-refractivity contribution >= 4 is 28.9 Å². The van der Waals surface area contributed by atoms with E-state index in [-0.39, 0.29) is 39.4 Å². The Morgan fingerprint density at radius 2 is 2.15 bits per heavy atom. The van der Waals surface area contributed by atoms with Gasteiger partial charge in [0, 0.05) is 30.3 Å². The maximum Gasteiger partial charge on any atom is 0.273 e. The highest BCUT2D eigenvalue weighted by Gasteiger charge is 2.20. The van der Waals surface area contributed by atoms with Gasteiger partial charge in [0.05, 0.1) is 24.0 Å². The summed E-state index contributed by atoms with van der Waals surface area (Å²) in [6.07, 6.45) is 1.44. The molecule has 3 rings (SSSR count). The normalized spacial score (nSPS) is 12.7. The Morgan fingerprint density at radius 1 is 1.33 bits per heavy atom. The van der Waals surface area contributed by atoms with Gasteiger partial charge in [0.15, 0.2) is 22.4 Å². The van der Waals surface area contributed by atoms with Crippen LogP contribution in [0.25, 0.3) is 11.4 Å². The molecule has 1 amide bonds. The summed E-state index contributed by atoms with van der Waals surface area (Å²) >= 11 is 5.87. The minimum Gasteiger partial charge on any atom is -0.494 e. The third kappa shape index (κ3) is 3.80. The zero-order valence-electron chi connectivity index (χ0n) is 17.1. The highest BCUT2D eigenvalue weighted by atomic mass is 35.5. The minimum atomic E-state index is -2.75. The lowest BCUT2D eigenvalue weighted by Crippen LogP contribution is -2.21. The summed E-state index contributed by atoms with van der Waals surface area (Å²) in [5, 5.41) is 15.9. The average Bonchev–Trinajstić information content (AvgIpc) is 3.06. The number of carbonyl (C=O) groups is 1. The van der Waals surface area contributed by atoms with Crippen LogP contribution >= 0.6 is 11.6 Å². The van der Waals surface area contributed by atoms with Crippen molar-refractivity contribution in [3.05, 3.63) is 41.2 Å². The Hall–Kier alpha value is -3.27. The number of methoxy groups -OCH3 is 1. The quantitative estimate of drug-likeness (QED) is 0.682. The highest BCUT2D eigenvalue weighted by molar-refractivity contribution is 6.29. The first-order valence-corrected chi connectivity index (χ1v) is 7.81. The molecule has 0 bridgehead atoms. The Labute approximate surface area is 162 Å². The number of ether oxygens (including phenoxy) is 1. The molecule has 1 aromatic carbocycles. The number of nitrogens with zero attached hydrogens (tertiary/aromatic N) is 5. The van der Waals surface area contributed by atoms with Crippen LogP contribution in [0.1, 0.15) is 14.6 Å². The summed E-state index contributed by atoms with van der Waals surface area (Å²) in [5.74, 6) is -1.27. The molecule has 0 saturated heterocycles. The van der Waals surface area contributed by atoms with Gasteiger partial charge in [-0.05, 0) is 6.07 Å². The number of aryl methyl sites for hydroxylation is 1. The number of carbonyl (C=O) groups excluding carboxylic acids is 1. The second-order valence-electron chi connectivity index (χ2n) is 5.28. The number of benzene rings is 1. The van der Waals surface area contributed by atoms with Crippen LogP contribution in [0, 0.1) is 5.82 Å². The molecule has 2 aromatic heterocycles. The first-order valence-electron chi connectivity index (χ1n) is 8.93. The van der Waals surface area contributed by atoms with E-state index in [1.165, 1.54) is 30.3 Å². The summed E-state index contributed by atoms with van der Waals surface area (Å²) in [6, 6.07) is 3.55. The number of aromatic nitrogens is 5. The minimum absolute atomic E-state index is 0.0134. The van der Waals surface area contributed by atoms with Gasteiger partial charge < -0.3 is 15.4 Å². The van der Waals surface area contributed by atoms with Gasteiger partial charge in [0.2, 0.25) is 0 Å². The van der Waals surface area contributed by atoms with E-state index in [2.05, 4.69) is 25.6 Å². The summed E-state index contributed by atoms with van der Waals surface area (Å²) in [7, 11) is 3.02. The van der Waals surface area contributed by atoms with Crippen molar-refractivity contribution < 1.29 is 18.0 Å². The number of nitrogens with one attached hydrogen (secondary N) is 2. The van der Waals surface area contributed by atoms with Crippen molar-refractivity contribution in [1.29, 1.82) is 0 Å². The van der Waals surface area contributed by atoms with Crippen molar-refractivity contribution in [2.24, 2.45) is 7.05 Å². The Morgan fingerprint density at radius 3 is 2.81 bits per heavy atom. The zero-order chi connectivity index (χ0) is 22.1. The number of amides is 1. The van der Waals surface area contributed by atoms with Crippen molar-refractivity contribution in [2.45, 2.75) is 0 Å². The predicted molar refractivity (Wildman–Crippen MR) is 96.7 cm³/mol. The van der Waals surface area contributed by atoms with Gasteiger partial charge in [-0.25, -0.2) is 9.37 Å². The van der Waals surface area contributed by atoms with Crippen LogP contribution in [0.2, 0.25) is 5.15 Å². The van der Waals surface area contributed by atoms with E-state index in [0.717, 1.165) is 6.07 Å². The molecule has 0 spiro atoms. The molecule has 0 aliphatic rings. The van der Waals surface area contributed by atoms with E-state index in [0.29, 0.717) is 0 Å². The van der Waals surface area contributed by atoms with E-state index in [9.17, 15) is 9.18 Å². The number of hydrogen-bond acceptors (Lipinski definition) is 7. The van der Waals surface area contributed by atoms with E-state index in [1.54, 1.807) is 7.05 Å². The Balaban J connectivity index is 2.07. The van der Waals surface area contributed by atoms with Gasteiger partial charge >= 0.3 is 0 Å². The second-order valence-corrected chi connectivity index (χ2v) is 5.67. The summed E-state index contributed by atoms with van der Waals surface area (Å²) < 4.78 is 42.7. The Bertz CT molecular complexity index is 1110. The molecule has 2 N–H and O–H groups in total. The van der Waals surface area contributed by atoms with Crippen molar-refractivity contribution in [3.63, 3.8) is 0 Å². The molecule has 0 aliphatic heterocycles. The number of halogens is 2. The number of hydrogen-bond donors (Lipinski definition) is 2.